The molecule has 1 aliphatic rings. The summed E-state index contributed by atoms with van der Waals surface area (Å²) in [5.74, 6) is 0.560. The van der Waals surface area contributed by atoms with Crippen LogP contribution in [0.15, 0.2) is 12.1 Å². The van der Waals surface area contributed by atoms with E-state index in [4.69, 9.17) is 44.3 Å². The Balaban J connectivity index is 1.74. The van der Waals surface area contributed by atoms with Crippen molar-refractivity contribution in [2.24, 2.45) is 0 Å². The third kappa shape index (κ3) is 4.69. The number of halogens is 3. The van der Waals surface area contributed by atoms with E-state index in [-0.39, 0.29) is 0 Å². The molecule has 0 aromatic heterocycles. The van der Waals surface area contributed by atoms with Crippen LogP contribution in [-0.2, 0) is 4.74 Å². The van der Waals surface area contributed by atoms with E-state index < -0.39 is 0 Å². The molecule has 2 rings (SSSR count). The Morgan fingerprint density at radius 3 is 2.53 bits per heavy atom. The number of rotatable bonds is 5. The number of ether oxygens (including phenoxy) is 2. The molecule has 1 aliphatic heterocycles. The summed E-state index contributed by atoms with van der Waals surface area (Å²) in [4.78, 5) is 0. The van der Waals surface area contributed by atoms with Gasteiger partial charge in [-0.05, 0) is 18.9 Å². The largest absolute Gasteiger partial charge is 0.491 e. The summed E-state index contributed by atoms with van der Waals surface area (Å²) in [6.07, 6.45) is 2.10. The first-order valence-electron chi connectivity index (χ1n) is 6.25. The highest BCUT2D eigenvalue weighted by Gasteiger charge is 2.12. The van der Waals surface area contributed by atoms with Crippen molar-refractivity contribution >= 4 is 34.8 Å². The summed E-state index contributed by atoms with van der Waals surface area (Å²) in [7, 11) is 0. The van der Waals surface area contributed by atoms with Crippen LogP contribution in [0.4, 0.5) is 0 Å². The predicted molar refractivity (Wildman–Crippen MR) is 78.8 cm³/mol. The normalized spacial score (nSPS) is 16.6. The first kappa shape index (κ1) is 15.2. The van der Waals surface area contributed by atoms with Crippen molar-refractivity contribution in [3.63, 3.8) is 0 Å². The van der Waals surface area contributed by atoms with Gasteiger partial charge in [-0.15, -0.1) is 0 Å². The fourth-order valence-corrected chi connectivity index (χ4v) is 2.53. The molecule has 0 radical (unpaired) electrons. The van der Waals surface area contributed by atoms with Crippen LogP contribution in [0.5, 0.6) is 5.75 Å². The summed E-state index contributed by atoms with van der Waals surface area (Å²) in [6, 6.07) is 3.74. The van der Waals surface area contributed by atoms with Gasteiger partial charge in [-0.3, -0.25) is 0 Å². The van der Waals surface area contributed by atoms with E-state index in [1.807, 2.05) is 0 Å². The third-order valence-electron chi connectivity index (χ3n) is 2.99. The lowest BCUT2D eigenvalue weighted by Crippen LogP contribution is -2.37. The maximum absolute atomic E-state index is 6.02. The Bertz CT molecular complexity index is 423. The molecule has 106 valence electrons. The molecule has 1 fully saturated rings. The van der Waals surface area contributed by atoms with Crippen LogP contribution in [0, 0.1) is 0 Å². The second-order valence-corrected chi connectivity index (χ2v) is 5.61. The lowest BCUT2D eigenvalue weighted by molar-refractivity contribution is 0.0770. The molecular formula is C13H16Cl3NO2. The molecule has 1 saturated heterocycles. The zero-order valence-corrected chi connectivity index (χ0v) is 12.7. The molecule has 1 aromatic rings. The first-order valence-corrected chi connectivity index (χ1v) is 7.38. The lowest BCUT2D eigenvalue weighted by atomic mass is 10.1. The predicted octanol–water partition coefficient (Wildman–Crippen LogP) is 3.79. The van der Waals surface area contributed by atoms with Gasteiger partial charge in [0.1, 0.15) is 12.4 Å². The summed E-state index contributed by atoms with van der Waals surface area (Å²) < 4.78 is 10.9. The van der Waals surface area contributed by atoms with Crippen LogP contribution in [0.3, 0.4) is 0 Å². The summed E-state index contributed by atoms with van der Waals surface area (Å²) in [5.41, 5.74) is 0. The third-order valence-corrected chi connectivity index (χ3v) is 4.01. The van der Waals surface area contributed by atoms with E-state index in [2.05, 4.69) is 5.32 Å². The number of hydrogen-bond acceptors (Lipinski definition) is 3. The highest BCUT2D eigenvalue weighted by atomic mass is 35.5. The first-order chi connectivity index (χ1) is 9.16. The van der Waals surface area contributed by atoms with Gasteiger partial charge in [-0.2, -0.15) is 0 Å². The average molecular weight is 325 g/mol. The minimum absolute atomic E-state index is 0.430. The highest BCUT2D eigenvalue weighted by molar-refractivity contribution is 6.43. The minimum atomic E-state index is 0.430. The van der Waals surface area contributed by atoms with E-state index >= 15 is 0 Å². The van der Waals surface area contributed by atoms with Crippen molar-refractivity contribution in [2.45, 2.75) is 18.9 Å². The fourth-order valence-electron chi connectivity index (χ4n) is 1.94. The van der Waals surface area contributed by atoms with E-state index in [0.29, 0.717) is 33.5 Å². The van der Waals surface area contributed by atoms with Gasteiger partial charge >= 0.3 is 0 Å². The fraction of sp³-hybridized carbons (Fsp3) is 0.538. The Kier molecular flexibility index (Phi) is 6.05. The maximum atomic E-state index is 6.02. The van der Waals surface area contributed by atoms with Crippen LogP contribution in [0.25, 0.3) is 0 Å². The molecule has 19 heavy (non-hydrogen) atoms. The number of nitrogens with one attached hydrogen (secondary N) is 1. The maximum Gasteiger partial charge on any atom is 0.139 e. The van der Waals surface area contributed by atoms with Crippen LogP contribution >= 0.6 is 34.8 Å². The Morgan fingerprint density at radius 2 is 1.79 bits per heavy atom. The van der Waals surface area contributed by atoms with E-state index in [0.717, 1.165) is 32.6 Å². The van der Waals surface area contributed by atoms with Gasteiger partial charge in [-0.1, -0.05) is 34.8 Å². The minimum Gasteiger partial charge on any atom is -0.491 e. The molecule has 1 aromatic carbocycles. The van der Waals surface area contributed by atoms with Gasteiger partial charge in [0.15, 0.2) is 0 Å². The molecule has 3 nitrogen and oxygen atoms in total. The monoisotopic (exact) mass is 323 g/mol. The number of hydrogen-bond donors (Lipinski definition) is 1. The smallest absolute Gasteiger partial charge is 0.139 e. The van der Waals surface area contributed by atoms with Crippen LogP contribution in [0.1, 0.15) is 12.8 Å². The number of benzene rings is 1. The van der Waals surface area contributed by atoms with Gasteiger partial charge in [-0.25, -0.2) is 0 Å². The van der Waals surface area contributed by atoms with E-state index in [9.17, 15) is 0 Å². The summed E-state index contributed by atoms with van der Waals surface area (Å²) in [6.45, 7) is 2.96. The van der Waals surface area contributed by atoms with E-state index in [1.165, 1.54) is 0 Å². The molecule has 0 bridgehead atoms. The lowest BCUT2D eigenvalue weighted by Gasteiger charge is -2.23. The van der Waals surface area contributed by atoms with Crippen molar-refractivity contribution < 1.29 is 9.47 Å². The standard InChI is InChI=1S/C13H16Cl3NO2/c14-10-7-12(16)13(8-11(10)15)19-6-3-17-9-1-4-18-5-2-9/h7-9,17H,1-6H2. The molecule has 0 spiro atoms. The van der Waals surface area contributed by atoms with Crippen LogP contribution in [0.2, 0.25) is 15.1 Å². The second-order valence-electron chi connectivity index (χ2n) is 4.39. The van der Waals surface area contributed by atoms with Gasteiger partial charge in [0.25, 0.3) is 0 Å². The molecule has 0 unspecified atom stereocenters. The quantitative estimate of drug-likeness (QED) is 0.660. The molecule has 0 amide bonds. The van der Waals surface area contributed by atoms with Gasteiger partial charge < -0.3 is 14.8 Å². The van der Waals surface area contributed by atoms with Crippen LogP contribution in [-0.4, -0.2) is 32.4 Å². The molecule has 0 saturated carbocycles. The molecule has 0 aliphatic carbocycles. The second kappa shape index (κ2) is 7.55. The Morgan fingerprint density at radius 1 is 1.11 bits per heavy atom. The molecular weight excluding hydrogens is 309 g/mol. The Hall–Kier alpha value is -0.190. The zero-order valence-electron chi connectivity index (χ0n) is 10.4. The van der Waals surface area contributed by atoms with Crippen molar-refractivity contribution in [3.05, 3.63) is 27.2 Å². The van der Waals surface area contributed by atoms with Gasteiger partial charge in [0, 0.05) is 31.9 Å². The van der Waals surface area contributed by atoms with E-state index in [1.54, 1.807) is 12.1 Å². The molecule has 0 atom stereocenters. The van der Waals surface area contributed by atoms with Crippen LogP contribution < -0.4 is 10.1 Å². The topological polar surface area (TPSA) is 30.5 Å². The highest BCUT2D eigenvalue weighted by Crippen LogP contribution is 2.33. The van der Waals surface area contributed by atoms with Gasteiger partial charge in [0.2, 0.25) is 0 Å². The van der Waals surface area contributed by atoms with Crippen molar-refractivity contribution in [1.29, 1.82) is 0 Å². The summed E-state index contributed by atoms with van der Waals surface area (Å²) in [5, 5.41) is 4.78. The zero-order chi connectivity index (χ0) is 13.7. The summed E-state index contributed by atoms with van der Waals surface area (Å²) >= 11 is 17.8. The molecule has 1 N–H and O–H groups in total. The van der Waals surface area contributed by atoms with Crippen molar-refractivity contribution in [1.82, 2.24) is 5.32 Å². The Labute approximate surface area is 128 Å². The molecule has 6 heteroatoms. The molecule has 1 heterocycles. The SMILES string of the molecule is Clc1cc(Cl)c(OCCNC2CCOCC2)cc1Cl. The van der Waals surface area contributed by atoms with Gasteiger partial charge in [0.05, 0.1) is 15.1 Å². The average Bonchev–Trinajstić information content (AvgIpc) is 2.41. The van der Waals surface area contributed by atoms with Crippen molar-refractivity contribution in [3.8, 4) is 5.75 Å². The van der Waals surface area contributed by atoms with Crippen molar-refractivity contribution in [2.75, 3.05) is 26.4 Å².